The van der Waals surface area contributed by atoms with Gasteiger partial charge in [-0.15, -0.1) is 6.58 Å². The fourth-order valence-corrected chi connectivity index (χ4v) is 3.37. The van der Waals surface area contributed by atoms with E-state index in [-0.39, 0.29) is 0 Å². The lowest BCUT2D eigenvalue weighted by Crippen LogP contribution is -2.12. The Morgan fingerprint density at radius 2 is 1.50 bits per heavy atom. The van der Waals surface area contributed by atoms with Gasteiger partial charge in [0.25, 0.3) is 0 Å². The highest BCUT2D eigenvalue weighted by molar-refractivity contribution is 5.18. The fraction of sp³-hybridized carbons (Fsp3) is 0.750. The van der Waals surface area contributed by atoms with Gasteiger partial charge in [-0.05, 0) is 63.2 Å². The van der Waals surface area contributed by atoms with Crippen LogP contribution in [0.1, 0.15) is 64.7 Å². The maximum absolute atomic E-state index is 3.93. The molecule has 0 aromatic heterocycles. The Morgan fingerprint density at radius 1 is 1.00 bits per heavy atom. The number of rotatable bonds is 2. The predicted octanol–water partition coefficient (Wildman–Crippen LogP) is 5.26. The molecule has 16 heavy (non-hydrogen) atoms. The summed E-state index contributed by atoms with van der Waals surface area (Å²) in [6.07, 6.45) is 14.7. The molecule has 0 heteroatoms. The molecule has 0 aromatic rings. The molecule has 0 amide bonds. The number of allylic oxidation sites excluding steroid dienone is 3. The van der Waals surface area contributed by atoms with Gasteiger partial charge in [-0.3, -0.25) is 0 Å². The second-order valence-electron chi connectivity index (χ2n) is 5.63. The lowest BCUT2D eigenvalue weighted by atomic mass is 9.77. The van der Waals surface area contributed by atoms with Gasteiger partial charge in [-0.25, -0.2) is 0 Å². The van der Waals surface area contributed by atoms with Crippen molar-refractivity contribution in [2.45, 2.75) is 64.7 Å². The van der Waals surface area contributed by atoms with E-state index in [0.717, 1.165) is 11.8 Å². The van der Waals surface area contributed by atoms with Crippen LogP contribution in [0.15, 0.2) is 23.8 Å². The van der Waals surface area contributed by atoms with Crippen molar-refractivity contribution in [3.63, 3.8) is 0 Å². The minimum absolute atomic E-state index is 0.802. The summed E-state index contributed by atoms with van der Waals surface area (Å²) in [6, 6.07) is 0. The molecule has 0 unspecified atom stereocenters. The molecule has 2 fully saturated rings. The standard InChI is InChI=1S/C16H26/c1-3-13-5-9-15(10-6-13)16-11-7-14(4-2)8-12-16/h3,13-14H,1,4-12H2,2H3. The Kier molecular flexibility index (Phi) is 4.26. The van der Waals surface area contributed by atoms with Crippen molar-refractivity contribution in [2.24, 2.45) is 11.8 Å². The van der Waals surface area contributed by atoms with Crippen molar-refractivity contribution in [1.29, 1.82) is 0 Å². The third-order valence-electron chi connectivity index (χ3n) is 4.75. The van der Waals surface area contributed by atoms with Crippen molar-refractivity contribution in [3.8, 4) is 0 Å². The molecule has 0 atom stereocenters. The van der Waals surface area contributed by atoms with Gasteiger partial charge in [-0.1, -0.05) is 30.6 Å². The van der Waals surface area contributed by atoms with E-state index in [1.807, 2.05) is 11.1 Å². The van der Waals surface area contributed by atoms with Crippen LogP contribution in [0.2, 0.25) is 0 Å². The minimum Gasteiger partial charge on any atom is -0.103 e. The first-order chi connectivity index (χ1) is 7.83. The van der Waals surface area contributed by atoms with E-state index >= 15 is 0 Å². The van der Waals surface area contributed by atoms with Gasteiger partial charge in [0, 0.05) is 0 Å². The predicted molar refractivity (Wildman–Crippen MR) is 71.4 cm³/mol. The van der Waals surface area contributed by atoms with Crippen LogP contribution < -0.4 is 0 Å². The van der Waals surface area contributed by atoms with Gasteiger partial charge >= 0.3 is 0 Å². The summed E-state index contributed by atoms with van der Waals surface area (Å²) in [7, 11) is 0. The number of hydrogen-bond donors (Lipinski definition) is 0. The Morgan fingerprint density at radius 3 is 1.94 bits per heavy atom. The Labute approximate surface area is 101 Å². The van der Waals surface area contributed by atoms with Crippen LogP contribution in [0.3, 0.4) is 0 Å². The largest absolute Gasteiger partial charge is 0.103 e. The Hall–Kier alpha value is -0.520. The maximum atomic E-state index is 3.93. The van der Waals surface area contributed by atoms with Gasteiger partial charge < -0.3 is 0 Å². The normalized spacial score (nSPS) is 31.6. The molecule has 0 aromatic carbocycles. The van der Waals surface area contributed by atoms with Crippen LogP contribution in [-0.4, -0.2) is 0 Å². The second-order valence-corrected chi connectivity index (χ2v) is 5.63. The molecule has 0 bridgehead atoms. The average molecular weight is 218 g/mol. The van der Waals surface area contributed by atoms with Crippen LogP contribution in [0.5, 0.6) is 0 Å². The van der Waals surface area contributed by atoms with Crippen LogP contribution in [0.4, 0.5) is 0 Å². The molecular weight excluding hydrogens is 192 g/mol. The van der Waals surface area contributed by atoms with Crippen LogP contribution in [0, 0.1) is 11.8 Å². The van der Waals surface area contributed by atoms with Crippen LogP contribution in [0.25, 0.3) is 0 Å². The quantitative estimate of drug-likeness (QED) is 0.555. The average Bonchev–Trinajstić information content (AvgIpc) is 2.39. The van der Waals surface area contributed by atoms with Crippen LogP contribution in [-0.2, 0) is 0 Å². The molecular formula is C16H26. The third kappa shape index (κ3) is 2.78. The lowest BCUT2D eigenvalue weighted by Gasteiger charge is -2.29. The Bertz CT molecular complexity index is 252. The van der Waals surface area contributed by atoms with Crippen molar-refractivity contribution in [3.05, 3.63) is 23.8 Å². The van der Waals surface area contributed by atoms with Crippen LogP contribution >= 0.6 is 0 Å². The fourth-order valence-electron chi connectivity index (χ4n) is 3.37. The van der Waals surface area contributed by atoms with Crippen molar-refractivity contribution < 1.29 is 0 Å². The molecule has 2 aliphatic carbocycles. The zero-order valence-corrected chi connectivity index (χ0v) is 10.8. The van der Waals surface area contributed by atoms with Crippen molar-refractivity contribution >= 4 is 0 Å². The van der Waals surface area contributed by atoms with E-state index in [0.29, 0.717) is 0 Å². The maximum Gasteiger partial charge on any atom is -0.0230 e. The van der Waals surface area contributed by atoms with Gasteiger partial charge in [0.15, 0.2) is 0 Å². The van der Waals surface area contributed by atoms with E-state index in [4.69, 9.17) is 0 Å². The molecule has 2 rings (SSSR count). The molecule has 2 saturated carbocycles. The van der Waals surface area contributed by atoms with E-state index in [9.17, 15) is 0 Å². The van der Waals surface area contributed by atoms with Gasteiger partial charge in [0.2, 0.25) is 0 Å². The van der Waals surface area contributed by atoms with Gasteiger partial charge in [0.1, 0.15) is 0 Å². The van der Waals surface area contributed by atoms with Gasteiger partial charge in [0.05, 0.1) is 0 Å². The topological polar surface area (TPSA) is 0 Å². The summed E-state index contributed by atoms with van der Waals surface area (Å²) >= 11 is 0. The van der Waals surface area contributed by atoms with E-state index in [1.165, 1.54) is 57.8 Å². The number of hydrogen-bond acceptors (Lipinski definition) is 0. The minimum atomic E-state index is 0.802. The first kappa shape index (κ1) is 12.0. The molecule has 0 saturated heterocycles. The molecule has 0 spiro atoms. The zero-order valence-electron chi connectivity index (χ0n) is 10.8. The first-order valence-electron chi connectivity index (χ1n) is 7.15. The monoisotopic (exact) mass is 218 g/mol. The molecule has 90 valence electrons. The second kappa shape index (κ2) is 5.70. The lowest BCUT2D eigenvalue weighted by molar-refractivity contribution is 0.388. The molecule has 2 aliphatic rings. The summed E-state index contributed by atoms with van der Waals surface area (Å²) in [6.45, 7) is 6.27. The SMILES string of the molecule is C=CC1CCC(=C2CCC(CC)CC2)CC1. The van der Waals surface area contributed by atoms with E-state index < -0.39 is 0 Å². The first-order valence-corrected chi connectivity index (χ1v) is 7.15. The highest BCUT2D eigenvalue weighted by Crippen LogP contribution is 2.37. The summed E-state index contributed by atoms with van der Waals surface area (Å²) in [5.74, 6) is 1.82. The van der Waals surface area contributed by atoms with Crippen molar-refractivity contribution in [2.75, 3.05) is 0 Å². The molecule has 0 N–H and O–H groups in total. The van der Waals surface area contributed by atoms with Gasteiger partial charge in [-0.2, -0.15) is 0 Å². The molecule has 0 radical (unpaired) electrons. The highest BCUT2D eigenvalue weighted by Gasteiger charge is 2.20. The zero-order chi connectivity index (χ0) is 11.4. The molecule has 0 heterocycles. The highest BCUT2D eigenvalue weighted by atomic mass is 14.3. The smallest absolute Gasteiger partial charge is 0.0230 e. The Balaban J connectivity index is 1.89. The third-order valence-corrected chi connectivity index (χ3v) is 4.75. The van der Waals surface area contributed by atoms with E-state index in [2.05, 4.69) is 19.6 Å². The summed E-state index contributed by atoms with van der Waals surface area (Å²) < 4.78 is 0. The van der Waals surface area contributed by atoms with E-state index in [1.54, 1.807) is 0 Å². The summed E-state index contributed by atoms with van der Waals surface area (Å²) in [5.41, 5.74) is 3.67. The summed E-state index contributed by atoms with van der Waals surface area (Å²) in [5, 5.41) is 0. The molecule has 0 nitrogen and oxygen atoms in total. The van der Waals surface area contributed by atoms with Crippen molar-refractivity contribution in [1.82, 2.24) is 0 Å². The molecule has 0 aliphatic heterocycles. The summed E-state index contributed by atoms with van der Waals surface area (Å²) in [4.78, 5) is 0.